The van der Waals surface area contributed by atoms with E-state index in [1.807, 2.05) is 24.7 Å². The number of fused-ring (bicyclic) bond motifs is 3. The van der Waals surface area contributed by atoms with Gasteiger partial charge in [-0.25, -0.2) is 14.6 Å². The van der Waals surface area contributed by atoms with Gasteiger partial charge in [0.1, 0.15) is 11.6 Å². The topological polar surface area (TPSA) is 79.1 Å². The number of aromatic nitrogens is 4. The van der Waals surface area contributed by atoms with E-state index in [0.717, 1.165) is 67.1 Å². The first-order valence-electron chi connectivity index (χ1n) is 11.9. The van der Waals surface area contributed by atoms with Crippen LogP contribution in [0.5, 0.6) is 0 Å². The lowest BCUT2D eigenvalue weighted by atomic mass is 9.76. The van der Waals surface area contributed by atoms with Crippen molar-refractivity contribution >= 4 is 16.7 Å². The molecule has 1 aliphatic carbocycles. The third-order valence-electron chi connectivity index (χ3n) is 7.84. The Morgan fingerprint density at radius 2 is 1.88 bits per heavy atom. The van der Waals surface area contributed by atoms with Crippen LogP contribution in [-0.4, -0.2) is 55.6 Å². The molecule has 3 fully saturated rings. The summed E-state index contributed by atoms with van der Waals surface area (Å²) in [4.78, 5) is 11.9. The van der Waals surface area contributed by atoms with E-state index in [9.17, 15) is 5.11 Å². The van der Waals surface area contributed by atoms with E-state index in [1.54, 1.807) is 0 Å². The van der Waals surface area contributed by atoms with Gasteiger partial charge in [-0.3, -0.25) is 0 Å². The summed E-state index contributed by atoms with van der Waals surface area (Å²) in [7, 11) is 0. The summed E-state index contributed by atoms with van der Waals surface area (Å²) < 4.78 is 1.97. The maximum absolute atomic E-state index is 10.4. The van der Waals surface area contributed by atoms with Crippen LogP contribution in [0.2, 0.25) is 0 Å². The van der Waals surface area contributed by atoms with E-state index < -0.39 is 5.60 Å². The smallest absolute Gasteiger partial charge is 0.159 e. The number of benzene rings is 1. The molecule has 2 unspecified atom stereocenters. The summed E-state index contributed by atoms with van der Waals surface area (Å²) in [5.74, 6) is 3.10. The first kappa shape index (κ1) is 20.1. The molecule has 7 heteroatoms. The summed E-state index contributed by atoms with van der Waals surface area (Å²) in [6.07, 6.45) is 6.90. The molecule has 2 aliphatic heterocycles. The van der Waals surface area contributed by atoms with Gasteiger partial charge in [0.15, 0.2) is 5.82 Å². The van der Waals surface area contributed by atoms with Crippen molar-refractivity contribution in [1.29, 1.82) is 0 Å². The molecule has 1 aromatic carbocycles. The lowest BCUT2D eigenvalue weighted by molar-refractivity contribution is 0.0171. The second-order valence-electron chi connectivity index (χ2n) is 10.4. The average Bonchev–Trinajstić information content (AvgIpc) is 3.48. The van der Waals surface area contributed by atoms with Crippen LogP contribution in [0.15, 0.2) is 24.4 Å². The molecule has 32 heavy (non-hydrogen) atoms. The van der Waals surface area contributed by atoms with Crippen molar-refractivity contribution in [2.24, 2.45) is 0 Å². The molecule has 2 saturated heterocycles. The highest BCUT2D eigenvalue weighted by atomic mass is 16.3. The summed E-state index contributed by atoms with van der Waals surface area (Å²) in [6, 6.07) is 7.75. The van der Waals surface area contributed by atoms with Crippen molar-refractivity contribution in [2.75, 3.05) is 18.0 Å². The number of piperazine rings is 1. The monoisotopic (exact) mass is 432 g/mol. The van der Waals surface area contributed by atoms with Crippen molar-refractivity contribution in [1.82, 2.24) is 25.1 Å². The van der Waals surface area contributed by atoms with Gasteiger partial charge in [0.2, 0.25) is 0 Å². The zero-order valence-electron chi connectivity index (χ0n) is 19.2. The largest absolute Gasteiger partial charge is 0.390 e. The van der Waals surface area contributed by atoms with Crippen molar-refractivity contribution in [3.05, 3.63) is 41.3 Å². The van der Waals surface area contributed by atoms with Gasteiger partial charge in [0.05, 0.1) is 17.3 Å². The minimum absolute atomic E-state index is 0.485. The Labute approximate surface area is 188 Å². The van der Waals surface area contributed by atoms with Gasteiger partial charge < -0.3 is 15.3 Å². The molecule has 2 atom stereocenters. The van der Waals surface area contributed by atoms with Crippen LogP contribution < -0.4 is 10.2 Å². The van der Waals surface area contributed by atoms with Crippen LogP contribution in [-0.2, 0) is 0 Å². The van der Waals surface area contributed by atoms with Gasteiger partial charge in [0.25, 0.3) is 0 Å². The number of aryl methyl sites for hydroxylation is 2. The number of hydrogen-bond donors (Lipinski definition) is 2. The van der Waals surface area contributed by atoms with E-state index in [2.05, 4.69) is 35.3 Å². The Hall–Kier alpha value is -2.51. The molecule has 2 N–H and O–H groups in total. The summed E-state index contributed by atoms with van der Waals surface area (Å²) in [5, 5.41) is 19.8. The molecule has 2 aromatic heterocycles. The molecule has 2 bridgehead atoms. The number of rotatable bonds is 3. The number of nitrogens with one attached hydrogen (secondary N) is 1. The van der Waals surface area contributed by atoms with Gasteiger partial charge >= 0.3 is 0 Å². The number of anilines is 1. The number of hydrogen-bond acceptors (Lipinski definition) is 6. The van der Waals surface area contributed by atoms with E-state index in [4.69, 9.17) is 15.1 Å². The fourth-order valence-corrected chi connectivity index (χ4v) is 6.01. The first-order valence-corrected chi connectivity index (χ1v) is 11.9. The highest BCUT2D eigenvalue weighted by Gasteiger charge is 2.38. The molecule has 3 aromatic rings. The lowest BCUT2D eigenvalue weighted by Crippen LogP contribution is -2.44. The SMILES string of the molecule is Cc1nc(N2CC3CC2CN3)cc(-n2ncc3cc(C)c(C4CCC(C)(O)CC4)cc32)n1. The summed E-state index contributed by atoms with van der Waals surface area (Å²) in [5.41, 5.74) is 3.26. The Balaban J connectivity index is 1.38. The molecule has 6 rings (SSSR count). The zero-order valence-corrected chi connectivity index (χ0v) is 19.2. The van der Waals surface area contributed by atoms with Crippen LogP contribution in [0, 0.1) is 13.8 Å². The number of nitrogens with zero attached hydrogens (tertiary/aromatic N) is 5. The van der Waals surface area contributed by atoms with Gasteiger partial charge in [-0.15, -0.1) is 0 Å². The molecular weight excluding hydrogens is 400 g/mol. The van der Waals surface area contributed by atoms with Crippen LogP contribution in [0.1, 0.15) is 61.9 Å². The molecule has 7 nitrogen and oxygen atoms in total. The zero-order chi connectivity index (χ0) is 22.0. The molecule has 0 radical (unpaired) electrons. The Morgan fingerprint density at radius 3 is 2.59 bits per heavy atom. The fraction of sp³-hybridized carbons (Fsp3) is 0.560. The first-order chi connectivity index (χ1) is 15.4. The summed E-state index contributed by atoms with van der Waals surface area (Å²) in [6.45, 7) is 8.17. The van der Waals surface area contributed by atoms with Crippen molar-refractivity contribution < 1.29 is 5.11 Å². The molecule has 1 saturated carbocycles. The predicted molar refractivity (Wildman–Crippen MR) is 126 cm³/mol. The van der Waals surface area contributed by atoms with E-state index >= 15 is 0 Å². The Kier molecular flexibility index (Phi) is 4.56. The van der Waals surface area contributed by atoms with E-state index in [0.29, 0.717) is 18.0 Å². The van der Waals surface area contributed by atoms with Crippen LogP contribution in [0.4, 0.5) is 5.82 Å². The average molecular weight is 433 g/mol. The van der Waals surface area contributed by atoms with Gasteiger partial charge in [-0.1, -0.05) is 0 Å². The van der Waals surface area contributed by atoms with Gasteiger partial charge in [-0.05, 0) is 82.1 Å². The van der Waals surface area contributed by atoms with Crippen LogP contribution in [0.3, 0.4) is 0 Å². The quantitative estimate of drug-likeness (QED) is 0.661. The van der Waals surface area contributed by atoms with E-state index in [-0.39, 0.29) is 0 Å². The molecule has 4 heterocycles. The maximum Gasteiger partial charge on any atom is 0.159 e. The van der Waals surface area contributed by atoms with Crippen LogP contribution in [0.25, 0.3) is 16.7 Å². The van der Waals surface area contributed by atoms with Crippen molar-refractivity contribution in [3.63, 3.8) is 0 Å². The van der Waals surface area contributed by atoms with Gasteiger partial charge in [-0.2, -0.15) is 5.10 Å². The normalized spacial score (nSPS) is 29.9. The van der Waals surface area contributed by atoms with Crippen LogP contribution >= 0.6 is 0 Å². The lowest BCUT2D eigenvalue weighted by Gasteiger charge is -2.34. The number of aliphatic hydroxyl groups is 1. The molecular formula is C25H32N6O. The molecule has 168 valence electrons. The van der Waals surface area contributed by atoms with Gasteiger partial charge in [0, 0.05) is 36.6 Å². The second-order valence-corrected chi connectivity index (χ2v) is 10.4. The standard InChI is InChI=1S/C25H32N6O/c1-15-8-18-12-27-31(22(18)10-21(15)17-4-6-25(3,32)7-5-17)24-11-23(28-16(2)29-24)30-14-19-9-20(30)13-26-19/h8,10-12,17,19-20,26,32H,4-7,9,13-14H2,1-3H3. The third kappa shape index (κ3) is 3.39. The maximum atomic E-state index is 10.4. The van der Waals surface area contributed by atoms with E-state index in [1.165, 1.54) is 17.5 Å². The highest BCUT2D eigenvalue weighted by Crippen LogP contribution is 2.40. The fourth-order valence-electron chi connectivity index (χ4n) is 6.01. The minimum atomic E-state index is -0.518. The molecule has 3 aliphatic rings. The molecule has 0 spiro atoms. The van der Waals surface area contributed by atoms with Crippen molar-refractivity contribution in [3.8, 4) is 5.82 Å². The highest BCUT2D eigenvalue weighted by molar-refractivity contribution is 5.82. The molecule has 0 amide bonds. The second kappa shape index (κ2) is 7.25. The minimum Gasteiger partial charge on any atom is -0.390 e. The third-order valence-corrected chi connectivity index (χ3v) is 7.84. The van der Waals surface area contributed by atoms with Crippen molar-refractivity contribution in [2.45, 2.75) is 76.5 Å². The summed E-state index contributed by atoms with van der Waals surface area (Å²) >= 11 is 0. The Morgan fingerprint density at radius 1 is 1.09 bits per heavy atom. The predicted octanol–water partition coefficient (Wildman–Crippen LogP) is 3.39. The Bertz CT molecular complexity index is 1170.